The normalized spacial score (nSPS) is 12.2. The number of benzene rings is 4. The monoisotopic (exact) mass is 563 g/mol. The van der Waals surface area contributed by atoms with Gasteiger partial charge in [-0.25, -0.2) is 30.7 Å². The van der Waals surface area contributed by atoms with Crippen LogP contribution in [0.4, 0.5) is 35.1 Å². The number of halogens is 8. The summed E-state index contributed by atoms with van der Waals surface area (Å²) in [6.45, 7) is 6.17. The Kier molecular flexibility index (Phi) is 8.88. The Labute approximate surface area is 225 Å². The summed E-state index contributed by atoms with van der Waals surface area (Å²) >= 11 is 0. The fourth-order valence-electron chi connectivity index (χ4n) is 3.99. The molecule has 0 N–H and O–H groups in total. The van der Waals surface area contributed by atoms with Gasteiger partial charge in [-0.2, -0.15) is 9.65 Å². The second-order valence-corrected chi connectivity index (χ2v) is 8.51. The van der Waals surface area contributed by atoms with Gasteiger partial charge in [0, 0.05) is 24.6 Å². The van der Waals surface area contributed by atoms with E-state index in [2.05, 4.69) is 0 Å². The molecular formula is C30H21F8NO. The van der Waals surface area contributed by atoms with E-state index in [-0.39, 0.29) is 11.1 Å². The summed E-state index contributed by atoms with van der Waals surface area (Å²) in [5.74, 6) is -13.5. The van der Waals surface area contributed by atoms with Gasteiger partial charge in [0.2, 0.25) is 0 Å². The predicted octanol–water partition coefficient (Wildman–Crippen LogP) is 9.42. The molecule has 0 aliphatic rings. The molecule has 0 spiro atoms. The van der Waals surface area contributed by atoms with Crippen LogP contribution in [-0.4, -0.2) is 0 Å². The van der Waals surface area contributed by atoms with E-state index in [9.17, 15) is 30.7 Å². The van der Waals surface area contributed by atoms with E-state index in [0.717, 1.165) is 12.1 Å². The summed E-state index contributed by atoms with van der Waals surface area (Å²) in [6, 6.07) is 8.64. The molecule has 0 saturated carbocycles. The lowest BCUT2D eigenvalue weighted by Crippen LogP contribution is -2.27. The van der Waals surface area contributed by atoms with Gasteiger partial charge in [0.05, 0.1) is 11.1 Å². The van der Waals surface area contributed by atoms with Gasteiger partial charge in [0.1, 0.15) is 58.1 Å². The lowest BCUT2D eigenvalue weighted by molar-refractivity contribution is -0.0565. The second-order valence-electron chi connectivity index (χ2n) is 8.51. The van der Waals surface area contributed by atoms with Crippen LogP contribution in [0.2, 0.25) is 0 Å². The molecule has 208 valence electrons. The van der Waals surface area contributed by atoms with Crippen molar-refractivity contribution >= 4 is 0 Å². The molecule has 4 aromatic rings. The number of ether oxygens (including phenoxy) is 1. The van der Waals surface area contributed by atoms with Crippen molar-refractivity contribution in [2.45, 2.75) is 33.5 Å². The highest BCUT2D eigenvalue weighted by Crippen LogP contribution is 2.38. The van der Waals surface area contributed by atoms with E-state index in [1.165, 1.54) is 24.3 Å². The van der Waals surface area contributed by atoms with Gasteiger partial charge in [0.25, 0.3) is 5.85 Å². The Morgan fingerprint density at radius 2 is 1.18 bits per heavy atom. The first-order valence-electron chi connectivity index (χ1n) is 11.8. The van der Waals surface area contributed by atoms with Gasteiger partial charge in [-0.3, -0.25) is 0 Å². The van der Waals surface area contributed by atoms with Crippen LogP contribution in [0.1, 0.15) is 37.5 Å². The van der Waals surface area contributed by atoms with E-state index in [4.69, 9.17) is 10.00 Å². The summed E-state index contributed by atoms with van der Waals surface area (Å²) in [4.78, 5) is 0. The van der Waals surface area contributed by atoms with Crippen molar-refractivity contribution in [3.05, 3.63) is 112 Å². The highest BCUT2D eigenvalue weighted by Gasteiger charge is 2.36. The topological polar surface area (TPSA) is 33.0 Å². The third-order valence-corrected chi connectivity index (χ3v) is 5.69. The van der Waals surface area contributed by atoms with Crippen molar-refractivity contribution in [3.8, 4) is 34.1 Å². The SMILES string of the molecule is CC.Cc1ccc(-c2cc(F)c(-c3cc(F)c(C(C)(F)Oc4cc(F)c(C#N)c(F)c4)c(F)c3)c(F)c2)c(F)c1. The van der Waals surface area contributed by atoms with Gasteiger partial charge in [0.15, 0.2) is 0 Å². The lowest BCUT2D eigenvalue weighted by Gasteiger charge is -2.24. The second kappa shape index (κ2) is 11.8. The van der Waals surface area contributed by atoms with Crippen LogP contribution in [0.3, 0.4) is 0 Å². The molecule has 2 nitrogen and oxygen atoms in total. The number of nitriles is 1. The molecule has 0 bridgehead atoms. The molecule has 0 amide bonds. The highest BCUT2D eigenvalue weighted by atomic mass is 19.2. The minimum atomic E-state index is -3.34. The maximum absolute atomic E-state index is 15.3. The van der Waals surface area contributed by atoms with Gasteiger partial charge < -0.3 is 4.74 Å². The standard InChI is InChI=1S/C28H15F8NO.C2H6/c1-13-3-4-17(19(29)5-13)14-6-22(32)26(23(33)7-14)15-8-24(34)27(25(35)9-15)28(2,36)38-16-10-20(30)18(12-37)21(31)11-16;1-2/h3-11H,1-2H3;1-2H3. The van der Waals surface area contributed by atoms with Crippen LogP contribution in [-0.2, 0) is 5.85 Å². The summed E-state index contributed by atoms with van der Waals surface area (Å²) in [5.41, 5.74) is -3.50. The van der Waals surface area contributed by atoms with Crippen molar-refractivity contribution in [3.63, 3.8) is 0 Å². The van der Waals surface area contributed by atoms with E-state index < -0.39 is 74.6 Å². The molecule has 0 aliphatic heterocycles. The fourth-order valence-corrected chi connectivity index (χ4v) is 3.99. The van der Waals surface area contributed by atoms with E-state index in [0.29, 0.717) is 36.8 Å². The van der Waals surface area contributed by atoms with Gasteiger partial charge in [-0.1, -0.05) is 26.0 Å². The Balaban J connectivity index is 0.00000216. The highest BCUT2D eigenvalue weighted by molar-refractivity contribution is 5.72. The zero-order chi connectivity index (χ0) is 29.9. The third-order valence-electron chi connectivity index (χ3n) is 5.69. The first-order chi connectivity index (χ1) is 18.8. The van der Waals surface area contributed by atoms with Crippen LogP contribution in [0.25, 0.3) is 22.3 Å². The van der Waals surface area contributed by atoms with Crippen LogP contribution in [0.5, 0.6) is 5.75 Å². The van der Waals surface area contributed by atoms with Crippen LogP contribution >= 0.6 is 0 Å². The smallest absolute Gasteiger partial charge is 0.276 e. The lowest BCUT2D eigenvalue weighted by atomic mass is 9.96. The number of hydrogen-bond donors (Lipinski definition) is 0. The number of rotatable bonds is 5. The largest absolute Gasteiger partial charge is 0.454 e. The van der Waals surface area contributed by atoms with Gasteiger partial charge in [-0.05, 0) is 53.9 Å². The molecule has 10 heteroatoms. The fraction of sp³-hybridized carbons (Fsp3) is 0.167. The van der Waals surface area contributed by atoms with Crippen molar-refractivity contribution in [2.75, 3.05) is 0 Å². The van der Waals surface area contributed by atoms with Crippen LogP contribution in [0, 0.1) is 59.0 Å². The Bertz CT molecular complexity index is 1560. The first kappa shape index (κ1) is 30.2. The molecule has 1 atom stereocenters. The quantitative estimate of drug-likeness (QED) is 0.227. The predicted molar refractivity (Wildman–Crippen MR) is 133 cm³/mol. The molecular weight excluding hydrogens is 542 g/mol. The van der Waals surface area contributed by atoms with E-state index in [1.54, 1.807) is 6.92 Å². The zero-order valence-corrected chi connectivity index (χ0v) is 21.6. The maximum Gasteiger partial charge on any atom is 0.276 e. The van der Waals surface area contributed by atoms with Crippen LogP contribution in [0.15, 0.2) is 54.6 Å². The molecule has 0 fully saturated rings. The average Bonchev–Trinajstić information content (AvgIpc) is 2.83. The van der Waals surface area contributed by atoms with E-state index in [1.807, 2.05) is 13.8 Å². The Hall–Kier alpha value is -4.39. The third kappa shape index (κ3) is 5.93. The van der Waals surface area contributed by atoms with Gasteiger partial charge >= 0.3 is 0 Å². The maximum atomic E-state index is 15.3. The molecule has 40 heavy (non-hydrogen) atoms. The zero-order valence-electron chi connectivity index (χ0n) is 21.6. The summed E-state index contributed by atoms with van der Waals surface area (Å²) in [5, 5.41) is 8.71. The average molecular weight is 563 g/mol. The van der Waals surface area contributed by atoms with Gasteiger partial charge in [-0.15, -0.1) is 0 Å². The number of aryl methyl sites for hydroxylation is 1. The molecule has 1 unspecified atom stereocenters. The summed E-state index contributed by atoms with van der Waals surface area (Å²) < 4.78 is 122. The number of nitrogens with zero attached hydrogens (tertiary/aromatic N) is 1. The summed E-state index contributed by atoms with van der Waals surface area (Å²) in [6.07, 6.45) is 0. The van der Waals surface area contributed by atoms with Crippen molar-refractivity contribution < 1.29 is 39.9 Å². The Morgan fingerprint density at radius 3 is 1.65 bits per heavy atom. The minimum absolute atomic E-state index is 0.103. The van der Waals surface area contributed by atoms with Crippen molar-refractivity contribution in [1.29, 1.82) is 5.26 Å². The molecule has 0 aliphatic carbocycles. The number of hydrogen-bond acceptors (Lipinski definition) is 2. The molecule has 4 rings (SSSR count). The van der Waals surface area contributed by atoms with E-state index >= 15 is 4.39 Å². The van der Waals surface area contributed by atoms with Crippen molar-refractivity contribution in [1.82, 2.24) is 0 Å². The molecule has 0 heterocycles. The minimum Gasteiger partial charge on any atom is -0.454 e. The summed E-state index contributed by atoms with van der Waals surface area (Å²) in [7, 11) is 0. The Morgan fingerprint density at radius 1 is 0.675 bits per heavy atom. The molecule has 4 aromatic carbocycles. The number of alkyl halides is 1. The molecule has 0 radical (unpaired) electrons. The van der Waals surface area contributed by atoms with Crippen molar-refractivity contribution in [2.24, 2.45) is 0 Å². The first-order valence-corrected chi connectivity index (χ1v) is 11.8. The molecule has 0 saturated heterocycles. The molecule has 0 aromatic heterocycles. The van der Waals surface area contributed by atoms with Crippen LogP contribution < -0.4 is 4.74 Å².